The Morgan fingerprint density at radius 3 is 1.81 bits per heavy atom. The van der Waals surface area contributed by atoms with Crippen LogP contribution in [0.2, 0.25) is 0 Å². The summed E-state index contributed by atoms with van der Waals surface area (Å²) in [5.41, 5.74) is 8.31. The number of hydrogen-bond donors (Lipinski definition) is 5. The summed E-state index contributed by atoms with van der Waals surface area (Å²) in [6.45, 7) is 4.37. The van der Waals surface area contributed by atoms with Crippen molar-refractivity contribution < 1.29 is 42.9 Å². The molecule has 2 unspecified atom stereocenters. The third kappa shape index (κ3) is 10.5. The normalized spacial score (nSPS) is 18.0. The van der Waals surface area contributed by atoms with Crippen LogP contribution in [0.15, 0.2) is 36.4 Å². The van der Waals surface area contributed by atoms with Crippen molar-refractivity contribution in [3.8, 4) is 0 Å². The molecule has 230 valence electrons. The number of nitrogens with zero attached hydrogens (tertiary/aromatic N) is 1. The second-order valence-electron chi connectivity index (χ2n) is 8.92. The van der Waals surface area contributed by atoms with Gasteiger partial charge in [0.05, 0.1) is 88.1 Å². The van der Waals surface area contributed by atoms with Crippen LogP contribution in [0.25, 0.3) is 0 Å². The fourth-order valence-electron chi connectivity index (χ4n) is 3.81. The lowest BCUT2D eigenvalue weighted by atomic mass is 10.2. The molecule has 2 aliphatic rings. The van der Waals surface area contributed by atoms with Crippen LogP contribution in [0.5, 0.6) is 0 Å². The SMILES string of the molecule is COC(=O)Nc1ccc(NCC2COCCO2)c(N)c1.COC(=O)Nc1ccc(NCC2COCCO2)c([N+](=O)[O-])c1. The van der Waals surface area contributed by atoms with E-state index in [1.54, 1.807) is 24.3 Å². The van der Waals surface area contributed by atoms with Gasteiger partial charge < -0.3 is 44.8 Å². The first-order chi connectivity index (χ1) is 20.3. The average Bonchev–Trinajstić information content (AvgIpc) is 3.01. The van der Waals surface area contributed by atoms with Gasteiger partial charge in [0.1, 0.15) is 5.69 Å². The van der Waals surface area contributed by atoms with E-state index in [0.29, 0.717) is 69.8 Å². The predicted molar refractivity (Wildman–Crippen MR) is 154 cm³/mol. The van der Waals surface area contributed by atoms with Crippen molar-refractivity contribution in [3.05, 3.63) is 46.5 Å². The van der Waals surface area contributed by atoms with Crippen molar-refractivity contribution in [1.29, 1.82) is 0 Å². The Morgan fingerprint density at radius 1 is 0.857 bits per heavy atom. The third-order valence-corrected chi connectivity index (χ3v) is 5.92. The number of ether oxygens (including phenoxy) is 6. The van der Waals surface area contributed by atoms with Crippen LogP contribution in [-0.2, 0) is 28.4 Å². The maximum absolute atomic E-state index is 11.1. The Bertz CT molecular complexity index is 1190. The number of carbonyl (C=O) groups excluding carboxylic acids is 2. The first-order valence-electron chi connectivity index (χ1n) is 13.0. The molecule has 16 nitrogen and oxygen atoms in total. The van der Waals surface area contributed by atoms with Crippen LogP contribution in [0, 0.1) is 10.1 Å². The van der Waals surface area contributed by atoms with Crippen LogP contribution in [0.4, 0.5) is 43.7 Å². The second-order valence-corrected chi connectivity index (χ2v) is 8.92. The van der Waals surface area contributed by atoms with Gasteiger partial charge in [-0.1, -0.05) is 0 Å². The average molecular weight is 593 g/mol. The quantitative estimate of drug-likeness (QED) is 0.161. The van der Waals surface area contributed by atoms with Crippen LogP contribution in [-0.4, -0.2) is 96.3 Å². The van der Waals surface area contributed by atoms with E-state index in [4.69, 9.17) is 24.7 Å². The van der Waals surface area contributed by atoms with Gasteiger partial charge in [-0.25, -0.2) is 9.59 Å². The minimum Gasteiger partial charge on any atom is -0.453 e. The Balaban J connectivity index is 0.000000231. The number of carbonyl (C=O) groups is 2. The van der Waals surface area contributed by atoms with E-state index < -0.39 is 17.1 Å². The number of nitro benzene ring substituents is 1. The van der Waals surface area contributed by atoms with Gasteiger partial charge in [0, 0.05) is 24.8 Å². The molecular formula is C26H36N6O10. The number of hydrogen-bond acceptors (Lipinski definition) is 13. The molecule has 0 saturated carbocycles. The van der Waals surface area contributed by atoms with Crippen molar-refractivity contribution >= 4 is 46.3 Å². The summed E-state index contributed by atoms with van der Waals surface area (Å²) in [4.78, 5) is 32.8. The molecule has 0 aliphatic carbocycles. The molecule has 2 atom stereocenters. The lowest BCUT2D eigenvalue weighted by Gasteiger charge is -2.23. The number of nitrogens with two attached hydrogens (primary N) is 1. The summed E-state index contributed by atoms with van der Waals surface area (Å²) >= 11 is 0. The zero-order valence-corrected chi connectivity index (χ0v) is 23.4. The molecule has 2 aromatic carbocycles. The smallest absolute Gasteiger partial charge is 0.411 e. The van der Waals surface area contributed by atoms with E-state index in [1.807, 2.05) is 0 Å². The molecule has 42 heavy (non-hydrogen) atoms. The molecule has 0 bridgehead atoms. The number of rotatable bonds is 9. The summed E-state index contributed by atoms with van der Waals surface area (Å²) in [6.07, 6.45) is -1.35. The molecule has 2 saturated heterocycles. The topological polar surface area (TPSA) is 207 Å². The van der Waals surface area contributed by atoms with E-state index in [9.17, 15) is 19.7 Å². The molecule has 16 heteroatoms. The van der Waals surface area contributed by atoms with Crippen molar-refractivity contribution in [2.75, 3.05) is 94.0 Å². The fourth-order valence-corrected chi connectivity index (χ4v) is 3.81. The molecule has 2 amide bonds. The molecular weight excluding hydrogens is 556 g/mol. The zero-order valence-electron chi connectivity index (χ0n) is 23.4. The largest absolute Gasteiger partial charge is 0.453 e. The summed E-state index contributed by atoms with van der Waals surface area (Å²) in [5, 5.41) is 22.3. The van der Waals surface area contributed by atoms with Crippen LogP contribution in [0.1, 0.15) is 0 Å². The minimum absolute atomic E-state index is 0.0241. The molecule has 2 aliphatic heterocycles. The second kappa shape index (κ2) is 16.8. The maximum atomic E-state index is 11.1. The van der Waals surface area contributed by atoms with Gasteiger partial charge in [0.15, 0.2) is 0 Å². The van der Waals surface area contributed by atoms with Crippen LogP contribution < -0.4 is 27.0 Å². The standard InChI is InChI=1S/C13H17N3O6.C13H19N3O4/c1-20-13(17)15-9-2-3-11(12(6-9)16(18)19)14-7-10-8-21-4-5-22-10;1-18-13(17)16-9-2-3-12(11(14)6-9)15-7-10-8-19-4-5-20-10/h2-3,6,10,14H,4-5,7-8H2,1H3,(H,15,17);2-3,6,10,15H,4-5,7-8,14H2,1H3,(H,16,17). The Hall–Kier alpha value is -4.38. The first kappa shape index (κ1) is 32.1. The highest BCUT2D eigenvalue weighted by Crippen LogP contribution is 2.28. The minimum atomic E-state index is -0.692. The van der Waals surface area contributed by atoms with Crippen molar-refractivity contribution in [3.63, 3.8) is 0 Å². The Morgan fingerprint density at radius 2 is 1.36 bits per heavy atom. The molecule has 6 N–H and O–H groups in total. The summed E-state index contributed by atoms with van der Waals surface area (Å²) in [5.74, 6) is 0. The summed E-state index contributed by atoms with van der Waals surface area (Å²) in [6, 6.07) is 9.53. The Labute approximate surface area is 242 Å². The van der Waals surface area contributed by atoms with E-state index in [1.165, 1.54) is 26.4 Å². The van der Waals surface area contributed by atoms with Crippen LogP contribution >= 0.6 is 0 Å². The number of nitro groups is 1. The molecule has 0 aromatic heterocycles. The van der Waals surface area contributed by atoms with Crippen molar-refractivity contribution in [2.24, 2.45) is 0 Å². The third-order valence-electron chi connectivity index (χ3n) is 5.92. The molecule has 0 spiro atoms. The van der Waals surface area contributed by atoms with E-state index >= 15 is 0 Å². The lowest BCUT2D eigenvalue weighted by Crippen LogP contribution is -2.34. The van der Waals surface area contributed by atoms with E-state index in [-0.39, 0.29) is 23.6 Å². The number of nitrogen functional groups attached to an aromatic ring is 1. The fraction of sp³-hybridized carbons (Fsp3) is 0.462. The number of nitrogens with one attached hydrogen (secondary N) is 4. The van der Waals surface area contributed by atoms with Gasteiger partial charge in [-0.3, -0.25) is 20.7 Å². The van der Waals surface area contributed by atoms with Crippen molar-refractivity contribution in [2.45, 2.75) is 12.2 Å². The highest BCUT2D eigenvalue weighted by Gasteiger charge is 2.19. The highest BCUT2D eigenvalue weighted by atomic mass is 16.6. The van der Waals surface area contributed by atoms with Gasteiger partial charge in [-0.15, -0.1) is 0 Å². The molecule has 2 aromatic rings. The van der Waals surface area contributed by atoms with Crippen molar-refractivity contribution in [1.82, 2.24) is 0 Å². The first-order valence-corrected chi connectivity index (χ1v) is 13.0. The molecule has 4 rings (SSSR count). The Kier molecular flexibility index (Phi) is 12.8. The molecule has 2 heterocycles. The van der Waals surface area contributed by atoms with Gasteiger partial charge >= 0.3 is 12.2 Å². The van der Waals surface area contributed by atoms with E-state index in [2.05, 4.69) is 30.7 Å². The highest BCUT2D eigenvalue weighted by molar-refractivity contribution is 5.87. The van der Waals surface area contributed by atoms with Gasteiger partial charge in [0.25, 0.3) is 5.69 Å². The molecule has 2 fully saturated rings. The zero-order chi connectivity index (χ0) is 30.3. The van der Waals surface area contributed by atoms with Gasteiger partial charge in [0.2, 0.25) is 0 Å². The monoisotopic (exact) mass is 592 g/mol. The van der Waals surface area contributed by atoms with Crippen LogP contribution in [0.3, 0.4) is 0 Å². The summed E-state index contributed by atoms with van der Waals surface area (Å²) in [7, 11) is 2.52. The van der Waals surface area contributed by atoms with Gasteiger partial charge in [-0.2, -0.15) is 0 Å². The number of methoxy groups -OCH3 is 2. The summed E-state index contributed by atoms with van der Waals surface area (Å²) < 4.78 is 30.5. The molecule has 0 radical (unpaired) electrons. The number of benzene rings is 2. The van der Waals surface area contributed by atoms with Gasteiger partial charge in [-0.05, 0) is 30.3 Å². The number of anilines is 5. The maximum Gasteiger partial charge on any atom is 0.411 e. The van der Waals surface area contributed by atoms with E-state index in [0.717, 1.165) is 5.69 Å². The predicted octanol–water partition coefficient (Wildman–Crippen LogP) is 2.87. The lowest BCUT2D eigenvalue weighted by molar-refractivity contribution is -0.383. The number of amides is 2.